The van der Waals surface area contributed by atoms with Gasteiger partial charge in [0.15, 0.2) is 0 Å². The molecule has 0 aliphatic carbocycles. The van der Waals surface area contributed by atoms with Crippen LogP contribution in [0.1, 0.15) is 6.42 Å². The van der Waals surface area contributed by atoms with E-state index in [1.165, 1.54) is 16.4 Å². The van der Waals surface area contributed by atoms with Crippen LogP contribution in [0.2, 0.25) is 0 Å². The number of hydrogen-bond acceptors (Lipinski definition) is 3. The first-order valence-electron chi connectivity index (χ1n) is 5.60. The van der Waals surface area contributed by atoms with Gasteiger partial charge in [0.25, 0.3) is 0 Å². The molecule has 2 rings (SSSR count). The van der Waals surface area contributed by atoms with Crippen molar-refractivity contribution in [1.29, 1.82) is 0 Å². The van der Waals surface area contributed by atoms with Gasteiger partial charge in [0.05, 0.1) is 4.90 Å². The van der Waals surface area contributed by atoms with Gasteiger partial charge in [-0.3, -0.25) is 0 Å². The summed E-state index contributed by atoms with van der Waals surface area (Å²) in [6.45, 7) is 1.31. The molecule has 1 unspecified atom stereocenters. The molecule has 0 bridgehead atoms. The number of hydrogen-bond donors (Lipinski definition) is 1. The fourth-order valence-corrected chi connectivity index (χ4v) is 4.49. The van der Waals surface area contributed by atoms with Gasteiger partial charge in [-0.25, -0.2) is 12.8 Å². The van der Waals surface area contributed by atoms with Gasteiger partial charge in [-0.2, -0.15) is 4.31 Å². The van der Waals surface area contributed by atoms with E-state index < -0.39 is 15.8 Å². The number of halogens is 2. The van der Waals surface area contributed by atoms with E-state index in [1.54, 1.807) is 0 Å². The summed E-state index contributed by atoms with van der Waals surface area (Å²) in [5.41, 5.74) is 5.54. The normalized spacial score (nSPS) is 21.4. The van der Waals surface area contributed by atoms with Crippen molar-refractivity contribution in [3.8, 4) is 0 Å². The van der Waals surface area contributed by atoms with E-state index in [0.717, 1.165) is 12.5 Å². The molecule has 1 aromatic carbocycles. The number of nitrogens with two attached hydrogens (primary N) is 1. The lowest BCUT2D eigenvalue weighted by molar-refractivity contribution is 0.458. The lowest BCUT2D eigenvalue weighted by atomic mass is 10.1. The van der Waals surface area contributed by atoms with Crippen LogP contribution >= 0.6 is 15.9 Å². The predicted octanol–water partition coefficient (Wildman–Crippen LogP) is 1.56. The van der Waals surface area contributed by atoms with Crippen molar-refractivity contribution in [3.05, 3.63) is 28.5 Å². The Morgan fingerprint density at radius 3 is 2.83 bits per heavy atom. The van der Waals surface area contributed by atoms with Crippen LogP contribution in [0, 0.1) is 11.7 Å². The molecule has 0 aromatic heterocycles. The summed E-state index contributed by atoms with van der Waals surface area (Å²) in [7, 11) is -3.64. The molecule has 0 radical (unpaired) electrons. The molecule has 2 N–H and O–H groups in total. The predicted molar refractivity (Wildman–Crippen MR) is 70.0 cm³/mol. The van der Waals surface area contributed by atoms with Gasteiger partial charge in [-0.05, 0) is 53.0 Å². The molecule has 1 fully saturated rings. The van der Waals surface area contributed by atoms with Crippen LogP contribution in [0.3, 0.4) is 0 Å². The van der Waals surface area contributed by atoms with Crippen LogP contribution in [-0.2, 0) is 10.0 Å². The molecule has 18 heavy (non-hydrogen) atoms. The van der Waals surface area contributed by atoms with E-state index >= 15 is 0 Å². The average molecular weight is 337 g/mol. The number of nitrogens with zero attached hydrogens (tertiary/aromatic N) is 1. The number of benzene rings is 1. The van der Waals surface area contributed by atoms with Crippen LogP contribution in [0.4, 0.5) is 4.39 Å². The van der Waals surface area contributed by atoms with Crippen LogP contribution in [0.15, 0.2) is 27.6 Å². The molecule has 1 aromatic rings. The van der Waals surface area contributed by atoms with E-state index in [1.807, 2.05) is 0 Å². The fourth-order valence-electron chi connectivity index (χ4n) is 2.02. The molecule has 1 aliphatic heterocycles. The SMILES string of the molecule is NCC1CCN(S(=O)(=O)c2cc(F)ccc2Br)C1. The standard InChI is InChI=1S/C11H14BrFN2O2S/c12-10-2-1-9(13)5-11(10)18(16,17)15-4-3-8(6-14)7-15/h1-2,5,8H,3-4,6-7,14H2. The zero-order valence-corrected chi connectivity index (χ0v) is 12.0. The van der Waals surface area contributed by atoms with Gasteiger partial charge < -0.3 is 5.73 Å². The highest BCUT2D eigenvalue weighted by Crippen LogP contribution is 2.29. The molecule has 0 saturated carbocycles. The Labute approximate surface area is 114 Å². The van der Waals surface area contributed by atoms with Crippen LogP contribution in [0.5, 0.6) is 0 Å². The lowest BCUT2D eigenvalue weighted by Gasteiger charge is -2.17. The van der Waals surface area contributed by atoms with Gasteiger partial charge >= 0.3 is 0 Å². The van der Waals surface area contributed by atoms with Crippen molar-refractivity contribution in [2.75, 3.05) is 19.6 Å². The molecule has 0 amide bonds. The van der Waals surface area contributed by atoms with Crippen LogP contribution in [-0.4, -0.2) is 32.4 Å². The molecule has 7 heteroatoms. The first-order valence-corrected chi connectivity index (χ1v) is 7.83. The first kappa shape index (κ1) is 13.9. The smallest absolute Gasteiger partial charge is 0.244 e. The molecular weight excluding hydrogens is 323 g/mol. The Kier molecular flexibility index (Phi) is 4.05. The molecule has 1 saturated heterocycles. The Hall–Kier alpha value is -0.500. The third kappa shape index (κ3) is 2.59. The minimum atomic E-state index is -3.64. The van der Waals surface area contributed by atoms with Gasteiger partial charge in [-0.15, -0.1) is 0 Å². The number of sulfonamides is 1. The average Bonchev–Trinajstić information content (AvgIpc) is 2.81. The Bertz CT molecular complexity index is 550. The molecule has 100 valence electrons. The summed E-state index contributed by atoms with van der Waals surface area (Å²) < 4.78 is 39.6. The lowest BCUT2D eigenvalue weighted by Crippen LogP contribution is -2.30. The maximum absolute atomic E-state index is 13.2. The van der Waals surface area contributed by atoms with Crippen molar-refractivity contribution in [3.63, 3.8) is 0 Å². The quantitative estimate of drug-likeness (QED) is 0.910. The maximum atomic E-state index is 13.2. The second kappa shape index (κ2) is 5.24. The van der Waals surface area contributed by atoms with Crippen LogP contribution < -0.4 is 5.73 Å². The highest BCUT2D eigenvalue weighted by molar-refractivity contribution is 9.10. The Balaban J connectivity index is 2.34. The second-order valence-corrected chi connectivity index (χ2v) is 7.09. The summed E-state index contributed by atoms with van der Waals surface area (Å²) >= 11 is 3.15. The van der Waals surface area contributed by atoms with E-state index in [4.69, 9.17) is 5.73 Å². The van der Waals surface area contributed by atoms with E-state index in [2.05, 4.69) is 15.9 Å². The fraction of sp³-hybridized carbons (Fsp3) is 0.455. The van der Waals surface area contributed by atoms with Crippen molar-refractivity contribution in [2.24, 2.45) is 11.7 Å². The van der Waals surface area contributed by atoms with Gasteiger partial charge in [0.1, 0.15) is 5.82 Å². The molecule has 1 aliphatic rings. The minimum absolute atomic E-state index is 0.0276. The monoisotopic (exact) mass is 336 g/mol. The zero-order valence-electron chi connectivity index (χ0n) is 9.64. The summed E-state index contributed by atoms with van der Waals surface area (Å²) in [6.07, 6.45) is 0.753. The topological polar surface area (TPSA) is 63.4 Å². The van der Waals surface area contributed by atoms with Crippen molar-refractivity contribution < 1.29 is 12.8 Å². The highest BCUT2D eigenvalue weighted by atomic mass is 79.9. The third-order valence-corrected chi connectivity index (χ3v) is 5.95. The van der Waals surface area contributed by atoms with E-state index in [-0.39, 0.29) is 10.8 Å². The summed E-state index contributed by atoms with van der Waals surface area (Å²) in [5.74, 6) is -0.376. The van der Waals surface area contributed by atoms with E-state index in [9.17, 15) is 12.8 Å². The molecule has 4 nitrogen and oxygen atoms in total. The molecular formula is C11H14BrFN2O2S. The van der Waals surface area contributed by atoms with Crippen molar-refractivity contribution in [1.82, 2.24) is 4.31 Å². The van der Waals surface area contributed by atoms with Gasteiger partial charge in [-0.1, -0.05) is 0 Å². The van der Waals surface area contributed by atoms with Crippen molar-refractivity contribution in [2.45, 2.75) is 11.3 Å². The molecule has 1 heterocycles. The Morgan fingerprint density at radius 1 is 1.50 bits per heavy atom. The van der Waals surface area contributed by atoms with E-state index in [0.29, 0.717) is 24.1 Å². The Morgan fingerprint density at radius 2 is 2.22 bits per heavy atom. The third-order valence-electron chi connectivity index (χ3n) is 3.09. The zero-order chi connectivity index (χ0) is 13.3. The van der Waals surface area contributed by atoms with Gasteiger partial charge in [0, 0.05) is 17.6 Å². The first-order chi connectivity index (χ1) is 8.45. The largest absolute Gasteiger partial charge is 0.330 e. The summed E-state index contributed by atoms with van der Waals surface area (Å²) in [5, 5.41) is 0. The summed E-state index contributed by atoms with van der Waals surface area (Å²) in [4.78, 5) is -0.0276. The summed E-state index contributed by atoms with van der Waals surface area (Å²) in [6, 6.07) is 3.66. The van der Waals surface area contributed by atoms with Crippen molar-refractivity contribution >= 4 is 26.0 Å². The molecule has 1 atom stereocenters. The maximum Gasteiger partial charge on any atom is 0.244 e. The number of rotatable bonds is 3. The molecule has 0 spiro atoms. The van der Waals surface area contributed by atoms with Crippen LogP contribution in [0.25, 0.3) is 0 Å². The highest BCUT2D eigenvalue weighted by Gasteiger charge is 2.33. The van der Waals surface area contributed by atoms with Gasteiger partial charge in [0.2, 0.25) is 10.0 Å². The minimum Gasteiger partial charge on any atom is -0.330 e. The second-order valence-electron chi connectivity index (χ2n) is 4.33.